The second-order valence-electron chi connectivity index (χ2n) is 4.52. The molecule has 2 fully saturated rings. The minimum Gasteiger partial charge on any atom is -0.497 e. The Hall–Kier alpha value is -1.59. The molecule has 0 radical (unpaired) electrons. The molecule has 0 saturated carbocycles. The van der Waals surface area contributed by atoms with Crippen LogP contribution < -0.4 is 4.74 Å². The van der Waals surface area contributed by atoms with Crippen molar-refractivity contribution in [3.63, 3.8) is 0 Å². The monoisotopic (exact) mass is 250 g/mol. The summed E-state index contributed by atoms with van der Waals surface area (Å²) in [6, 6.07) is 7.68. The molecule has 0 aliphatic carbocycles. The van der Waals surface area contributed by atoms with Crippen LogP contribution in [0.2, 0.25) is 0 Å². The van der Waals surface area contributed by atoms with Gasteiger partial charge in [-0.15, -0.1) is 0 Å². The van der Waals surface area contributed by atoms with Crippen LogP contribution in [0.25, 0.3) is 0 Å². The molecule has 96 valence electrons. The third-order valence-corrected chi connectivity index (χ3v) is 3.31. The average molecular weight is 250 g/mol. The number of hydrogen-bond donors (Lipinski definition) is 0. The number of esters is 1. The molecule has 2 saturated heterocycles. The molecule has 2 unspecified atom stereocenters. The predicted octanol–water partition coefficient (Wildman–Crippen LogP) is 1.25. The minimum atomic E-state index is -0.677. The van der Waals surface area contributed by atoms with E-state index in [0.29, 0.717) is 6.42 Å². The first-order valence-electron chi connectivity index (χ1n) is 5.80. The van der Waals surface area contributed by atoms with E-state index in [2.05, 4.69) is 0 Å². The van der Waals surface area contributed by atoms with E-state index >= 15 is 0 Å². The Morgan fingerprint density at radius 1 is 1.50 bits per heavy atom. The van der Waals surface area contributed by atoms with Crippen molar-refractivity contribution >= 4 is 5.97 Å². The standard InChI is InChI=1S/C13H14O5/c1-15-10-4-2-3-9(5-10)6-13-7-11(14)18-12(13)16-8-17-13/h2-5,12H,6-8H2,1H3. The molecule has 5 nitrogen and oxygen atoms in total. The summed E-state index contributed by atoms with van der Waals surface area (Å²) in [6.07, 6.45) is 0.214. The number of benzene rings is 1. The summed E-state index contributed by atoms with van der Waals surface area (Å²) in [5.41, 5.74) is 0.354. The van der Waals surface area contributed by atoms with Gasteiger partial charge in [0.1, 0.15) is 11.4 Å². The van der Waals surface area contributed by atoms with E-state index in [0.717, 1.165) is 11.3 Å². The fourth-order valence-electron chi connectivity index (χ4n) is 2.44. The van der Waals surface area contributed by atoms with Gasteiger partial charge in [0, 0.05) is 6.42 Å². The Morgan fingerprint density at radius 2 is 2.39 bits per heavy atom. The molecule has 1 aromatic carbocycles. The lowest BCUT2D eigenvalue weighted by Crippen LogP contribution is -2.37. The zero-order chi connectivity index (χ0) is 12.6. The maximum absolute atomic E-state index is 11.4. The van der Waals surface area contributed by atoms with Gasteiger partial charge in [-0.05, 0) is 17.7 Å². The maximum Gasteiger partial charge on any atom is 0.311 e. The molecule has 3 rings (SSSR count). The second-order valence-corrected chi connectivity index (χ2v) is 4.52. The second kappa shape index (κ2) is 4.26. The molecule has 2 aliphatic rings. The lowest BCUT2D eigenvalue weighted by atomic mass is 9.92. The van der Waals surface area contributed by atoms with Crippen LogP contribution >= 0.6 is 0 Å². The summed E-state index contributed by atoms with van der Waals surface area (Å²) in [5.74, 6) is 0.507. The van der Waals surface area contributed by atoms with Gasteiger partial charge < -0.3 is 18.9 Å². The van der Waals surface area contributed by atoms with Gasteiger partial charge in [-0.2, -0.15) is 0 Å². The van der Waals surface area contributed by atoms with Gasteiger partial charge in [-0.3, -0.25) is 4.79 Å². The van der Waals surface area contributed by atoms with Crippen molar-refractivity contribution in [2.75, 3.05) is 13.9 Å². The molecule has 0 N–H and O–H groups in total. The smallest absolute Gasteiger partial charge is 0.311 e. The quantitative estimate of drug-likeness (QED) is 0.756. The fraction of sp³-hybridized carbons (Fsp3) is 0.462. The topological polar surface area (TPSA) is 54.0 Å². The molecule has 2 heterocycles. The highest BCUT2D eigenvalue weighted by molar-refractivity contribution is 5.73. The molecule has 0 aromatic heterocycles. The first-order valence-corrected chi connectivity index (χ1v) is 5.80. The normalized spacial score (nSPS) is 30.1. The third kappa shape index (κ3) is 1.85. The number of ether oxygens (including phenoxy) is 4. The molecular weight excluding hydrogens is 236 g/mol. The van der Waals surface area contributed by atoms with Gasteiger partial charge in [0.2, 0.25) is 6.29 Å². The fourth-order valence-corrected chi connectivity index (χ4v) is 2.44. The van der Waals surface area contributed by atoms with Gasteiger partial charge >= 0.3 is 5.97 Å². The van der Waals surface area contributed by atoms with Crippen molar-refractivity contribution in [1.29, 1.82) is 0 Å². The van der Waals surface area contributed by atoms with Crippen molar-refractivity contribution < 1.29 is 23.7 Å². The van der Waals surface area contributed by atoms with Crippen molar-refractivity contribution in [3.05, 3.63) is 29.8 Å². The van der Waals surface area contributed by atoms with Crippen LogP contribution in [0, 0.1) is 0 Å². The Bertz CT molecular complexity index is 472. The zero-order valence-corrected chi connectivity index (χ0v) is 10.0. The van der Waals surface area contributed by atoms with Crippen LogP contribution in [0.3, 0.4) is 0 Å². The number of methoxy groups -OCH3 is 1. The van der Waals surface area contributed by atoms with Crippen LogP contribution in [-0.4, -0.2) is 31.8 Å². The molecule has 0 spiro atoms. The van der Waals surface area contributed by atoms with Gasteiger partial charge in [-0.1, -0.05) is 12.1 Å². The van der Waals surface area contributed by atoms with Crippen LogP contribution in [0.15, 0.2) is 24.3 Å². The van der Waals surface area contributed by atoms with Crippen LogP contribution in [0.1, 0.15) is 12.0 Å². The van der Waals surface area contributed by atoms with E-state index in [9.17, 15) is 4.79 Å². The summed E-state index contributed by atoms with van der Waals surface area (Å²) >= 11 is 0. The van der Waals surface area contributed by atoms with E-state index in [4.69, 9.17) is 18.9 Å². The molecule has 0 bridgehead atoms. The van der Waals surface area contributed by atoms with Gasteiger partial charge in [0.25, 0.3) is 0 Å². The summed E-state index contributed by atoms with van der Waals surface area (Å²) in [5, 5.41) is 0. The third-order valence-electron chi connectivity index (χ3n) is 3.31. The van der Waals surface area contributed by atoms with Crippen molar-refractivity contribution in [2.24, 2.45) is 0 Å². The molecule has 2 atom stereocenters. The van der Waals surface area contributed by atoms with Crippen LogP contribution in [-0.2, 0) is 25.4 Å². The Kier molecular flexibility index (Phi) is 2.72. The molecule has 0 amide bonds. The average Bonchev–Trinajstić information content (AvgIpc) is 2.84. The highest BCUT2D eigenvalue weighted by Crippen LogP contribution is 2.39. The number of carbonyl (C=O) groups is 1. The number of hydrogen-bond acceptors (Lipinski definition) is 5. The Morgan fingerprint density at radius 3 is 3.22 bits per heavy atom. The lowest BCUT2D eigenvalue weighted by Gasteiger charge is -2.23. The van der Waals surface area contributed by atoms with E-state index < -0.39 is 11.9 Å². The maximum atomic E-state index is 11.4. The van der Waals surface area contributed by atoms with E-state index in [1.54, 1.807) is 7.11 Å². The highest BCUT2D eigenvalue weighted by atomic mass is 16.8. The van der Waals surface area contributed by atoms with Crippen molar-refractivity contribution in [1.82, 2.24) is 0 Å². The Balaban J connectivity index is 1.84. The summed E-state index contributed by atoms with van der Waals surface area (Å²) in [4.78, 5) is 11.4. The first kappa shape index (κ1) is 11.5. The first-order chi connectivity index (χ1) is 8.72. The number of carbonyl (C=O) groups excluding carboxylic acids is 1. The summed E-state index contributed by atoms with van der Waals surface area (Å²) in [7, 11) is 1.62. The van der Waals surface area contributed by atoms with Gasteiger partial charge in [-0.25, -0.2) is 0 Å². The van der Waals surface area contributed by atoms with Gasteiger partial charge in [0.05, 0.1) is 13.5 Å². The van der Waals surface area contributed by atoms with Crippen molar-refractivity contribution in [3.8, 4) is 5.75 Å². The molecule has 18 heavy (non-hydrogen) atoms. The van der Waals surface area contributed by atoms with E-state index in [-0.39, 0.29) is 19.2 Å². The highest BCUT2D eigenvalue weighted by Gasteiger charge is 2.55. The van der Waals surface area contributed by atoms with E-state index in [1.165, 1.54) is 0 Å². The summed E-state index contributed by atoms with van der Waals surface area (Å²) < 4.78 is 21.2. The lowest BCUT2D eigenvalue weighted by molar-refractivity contribution is -0.159. The van der Waals surface area contributed by atoms with Crippen LogP contribution in [0.5, 0.6) is 5.75 Å². The molecule has 2 aliphatic heterocycles. The molecule has 5 heteroatoms. The Labute approximate surface area is 105 Å². The van der Waals surface area contributed by atoms with E-state index in [1.807, 2.05) is 24.3 Å². The molecule has 1 aromatic rings. The SMILES string of the molecule is COc1cccc(CC23CC(=O)OC2OCO3)c1. The van der Waals surface area contributed by atoms with Crippen LogP contribution in [0.4, 0.5) is 0 Å². The summed E-state index contributed by atoms with van der Waals surface area (Å²) in [6.45, 7) is 0.169. The number of fused-ring (bicyclic) bond motifs is 1. The van der Waals surface area contributed by atoms with Gasteiger partial charge in [0.15, 0.2) is 6.79 Å². The zero-order valence-electron chi connectivity index (χ0n) is 10.0. The van der Waals surface area contributed by atoms with Crippen molar-refractivity contribution in [2.45, 2.75) is 24.7 Å². The minimum absolute atomic E-state index is 0.169. The molecular formula is C13H14O5. The number of rotatable bonds is 3. The largest absolute Gasteiger partial charge is 0.497 e. The predicted molar refractivity (Wildman–Crippen MR) is 61.0 cm³/mol.